The van der Waals surface area contributed by atoms with Gasteiger partial charge in [-0.05, 0) is 42.6 Å². The molecule has 3 nitrogen and oxygen atoms in total. The summed E-state index contributed by atoms with van der Waals surface area (Å²) >= 11 is 0. The van der Waals surface area contributed by atoms with Crippen molar-refractivity contribution in [1.82, 2.24) is 5.32 Å². The number of nitrogens with one attached hydrogen (secondary N) is 1. The van der Waals surface area contributed by atoms with E-state index >= 15 is 0 Å². The van der Waals surface area contributed by atoms with Crippen molar-refractivity contribution in [2.75, 3.05) is 7.05 Å². The molecule has 1 unspecified atom stereocenters. The summed E-state index contributed by atoms with van der Waals surface area (Å²) in [4.78, 5) is 11.0. The van der Waals surface area contributed by atoms with E-state index in [9.17, 15) is 9.90 Å². The second-order valence-electron chi connectivity index (χ2n) is 5.21. The van der Waals surface area contributed by atoms with Gasteiger partial charge in [0.25, 0.3) is 0 Å². The Kier molecular flexibility index (Phi) is 5.26. The lowest BCUT2D eigenvalue weighted by atomic mass is 10.0. The van der Waals surface area contributed by atoms with Crippen LogP contribution >= 0.6 is 0 Å². The first-order valence-corrected chi connectivity index (χ1v) is 7.14. The van der Waals surface area contributed by atoms with E-state index in [1.54, 1.807) is 14.0 Å². The van der Waals surface area contributed by atoms with Crippen LogP contribution in [0.5, 0.6) is 0 Å². The molecule has 0 bridgehead atoms. The van der Waals surface area contributed by atoms with Crippen molar-refractivity contribution < 1.29 is 9.90 Å². The first kappa shape index (κ1) is 15.4. The van der Waals surface area contributed by atoms with Crippen LogP contribution in [0.15, 0.2) is 48.5 Å². The Morgan fingerprint density at radius 3 is 2.05 bits per heavy atom. The van der Waals surface area contributed by atoms with E-state index in [0.717, 1.165) is 23.1 Å². The minimum Gasteiger partial charge on any atom is -0.374 e. The van der Waals surface area contributed by atoms with E-state index in [-0.39, 0.29) is 5.78 Å². The number of aliphatic hydroxyl groups is 1. The molecule has 2 N–H and O–H groups in total. The SMILES string of the molecule is CNC(O)c1ccc(-c2ccc(CCC(C)=O)cc2)cc1. The number of Topliss-reactive ketones (excluding diaryl/α,β-unsaturated/α-hetero) is 1. The summed E-state index contributed by atoms with van der Waals surface area (Å²) in [6.07, 6.45) is 0.756. The first-order chi connectivity index (χ1) is 10.1. The van der Waals surface area contributed by atoms with Crippen LogP contribution in [0, 0.1) is 0 Å². The molecule has 2 aromatic carbocycles. The quantitative estimate of drug-likeness (QED) is 0.801. The topological polar surface area (TPSA) is 49.3 Å². The van der Waals surface area contributed by atoms with E-state index in [1.165, 1.54) is 5.56 Å². The normalized spacial score (nSPS) is 12.1. The van der Waals surface area contributed by atoms with Crippen molar-refractivity contribution >= 4 is 5.78 Å². The average Bonchev–Trinajstić information content (AvgIpc) is 2.53. The third-order valence-corrected chi connectivity index (χ3v) is 3.55. The fourth-order valence-corrected chi connectivity index (χ4v) is 2.21. The van der Waals surface area contributed by atoms with Gasteiger partial charge in [-0.15, -0.1) is 0 Å². The fourth-order valence-electron chi connectivity index (χ4n) is 2.21. The molecule has 0 amide bonds. The fraction of sp³-hybridized carbons (Fsp3) is 0.278. The number of hydrogen-bond donors (Lipinski definition) is 2. The minimum atomic E-state index is -0.631. The third-order valence-electron chi connectivity index (χ3n) is 3.55. The molecule has 0 saturated heterocycles. The molecule has 0 saturated carbocycles. The third kappa shape index (κ3) is 4.25. The van der Waals surface area contributed by atoms with Crippen LogP contribution in [0.25, 0.3) is 11.1 Å². The van der Waals surface area contributed by atoms with E-state index < -0.39 is 6.23 Å². The number of aryl methyl sites for hydroxylation is 1. The van der Waals surface area contributed by atoms with Gasteiger partial charge in [0.1, 0.15) is 12.0 Å². The van der Waals surface area contributed by atoms with Crippen molar-refractivity contribution in [2.45, 2.75) is 26.0 Å². The van der Waals surface area contributed by atoms with E-state index in [4.69, 9.17) is 0 Å². The second-order valence-corrected chi connectivity index (χ2v) is 5.21. The van der Waals surface area contributed by atoms with Crippen LogP contribution in [-0.4, -0.2) is 17.9 Å². The number of benzene rings is 2. The van der Waals surface area contributed by atoms with Crippen molar-refractivity contribution in [1.29, 1.82) is 0 Å². The predicted molar refractivity (Wildman–Crippen MR) is 84.9 cm³/mol. The molecule has 0 aliphatic heterocycles. The molecule has 0 fully saturated rings. The Bertz CT molecular complexity index is 588. The van der Waals surface area contributed by atoms with Crippen molar-refractivity contribution in [3.63, 3.8) is 0 Å². The monoisotopic (exact) mass is 283 g/mol. The van der Waals surface area contributed by atoms with Gasteiger partial charge in [-0.25, -0.2) is 0 Å². The van der Waals surface area contributed by atoms with E-state index in [0.29, 0.717) is 6.42 Å². The zero-order chi connectivity index (χ0) is 15.2. The maximum atomic E-state index is 11.0. The number of carbonyl (C=O) groups is 1. The van der Waals surface area contributed by atoms with Crippen LogP contribution in [0.2, 0.25) is 0 Å². The lowest BCUT2D eigenvalue weighted by Gasteiger charge is -2.10. The molecule has 2 rings (SSSR count). The highest BCUT2D eigenvalue weighted by atomic mass is 16.3. The zero-order valence-corrected chi connectivity index (χ0v) is 12.5. The summed E-state index contributed by atoms with van der Waals surface area (Å²) in [5.74, 6) is 0.220. The highest BCUT2D eigenvalue weighted by Crippen LogP contribution is 2.22. The first-order valence-electron chi connectivity index (χ1n) is 7.14. The minimum absolute atomic E-state index is 0.220. The Hall–Kier alpha value is -1.97. The van der Waals surface area contributed by atoms with Crippen LogP contribution in [0.4, 0.5) is 0 Å². The lowest BCUT2D eigenvalue weighted by molar-refractivity contribution is -0.116. The summed E-state index contributed by atoms with van der Waals surface area (Å²) in [6.45, 7) is 1.62. The van der Waals surface area contributed by atoms with Crippen LogP contribution in [0.1, 0.15) is 30.7 Å². The highest BCUT2D eigenvalue weighted by molar-refractivity contribution is 5.75. The highest BCUT2D eigenvalue weighted by Gasteiger charge is 2.04. The van der Waals surface area contributed by atoms with Gasteiger partial charge < -0.3 is 9.90 Å². The molecule has 1 atom stereocenters. The molecular weight excluding hydrogens is 262 g/mol. The number of carbonyl (C=O) groups excluding carboxylic acids is 1. The van der Waals surface area contributed by atoms with Crippen molar-refractivity contribution in [2.24, 2.45) is 0 Å². The smallest absolute Gasteiger partial charge is 0.130 e. The molecule has 21 heavy (non-hydrogen) atoms. The number of rotatable bonds is 6. The zero-order valence-electron chi connectivity index (χ0n) is 12.5. The molecule has 2 aromatic rings. The number of ketones is 1. The lowest BCUT2D eigenvalue weighted by Crippen LogP contribution is -2.14. The Labute approximate surface area is 125 Å². The Balaban J connectivity index is 2.09. The molecule has 110 valence electrons. The Morgan fingerprint density at radius 1 is 1.05 bits per heavy atom. The molecule has 3 heteroatoms. The number of aliphatic hydroxyl groups excluding tert-OH is 1. The number of hydrogen-bond acceptors (Lipinski definition) is 3. The Morgan fingerprint density at radius 2 is 1.57 bits per heavy atom. The molecule has 0 aliphatic carbocycles. The second kappa shape index (κ2) is 7.16. The maximum absolute atomic E-state index is 11.0. The van der Waals surface area contributed by atoms with Crippen LogP contribution in [-0.2, 0) is 11.2 Å². The van der Waals surface area contributed by atoms with Crippen molar-refractivity contribution in [3.8, 4) is 11.1 Å². The molecule has 0 aliphatic rings. The molecule has 0 heterocycles. The van der Waals surface area contributed by atoms with E-state index in [1.807, 2.05) is 24.3 Å². The van der Waals surface area contributed by atoms with Gasteiger partial charge in [0.15, 0.2) is 0 Å². The van der Waals surface area contributed by atoms with Gasteiger partial charge >= 0.3 is 0 Å². The summed E-state index contributed by atoms with van der Waals surface area (Å²) in [5.41, 5.74) is 4.27. The van der Waals surface area contributed by atoms with Gasteiger partial charge in [0.05, 0.1) is 0 Å². The summed E-state index contributed by atoms with van der Waals surface area (Å²) in [6, 6.07) is 16.1. The molecular formula is C18H21NO2. The summed E-state index contributed by atoms with van der Waals surface area (Å²) < 4.78 is 0. The standard InChI is InChI=1S/C18H21NO2/c1-13(20)3-4-14-5-7-15(8-6-14)16-9-11-17(12-10-16)18(21)19-2/h5-12,18-19,21H,3-4H2,1-2H3. The molecule has 0 spiro atoms. The maximum Gasteiger partial charge on any atom is 0.130 e. The summed E-state index contributed by atoms with van der Waals surface area (Å²) in [5, 5.41) is 12.5. The summed E-state index contributed by atoms with van der Waals surface area (Å²) in [7, 11) is 1.72. The van der Waals surface area contributed by atoms with E-state index in [2.05, 4.69) is 29.6 Å². The molecule has 0 radical (unpaired) electrons. The van der Waals surface area contributed by atoms with Gasteiger partial charge in [-0.2, -0.15) is 0 Å². The largest absolute Gasteiger partial charge is 0.374 e. The van der Waals surface area contributed by atoms with Gasteiger partial charge in [-0.1, -0.05) is 48.5 Å². The predicted octanol–water partition coefficient (Wildman–Crippen LogP) is 3.09. The van der Waals surface area contributed by atoms with Gasteiger partial charge in [0, 0.05) is 6.42 Å². The van der Waals surface area contributed by atoms with Crippen molar-refractivity contribution in [3.05, 3.63) is 59.7 Å². The van der Waals surface area contributed by atoms with Crippen LogP contribution < -0.4 is 5.32 Å². The van der Waals surface area contributed by atoms with Crippen LogP contribution in [0.3, 0.4) is 0 Å². The molecule has 0 aromatic heterocycles. The van der Waals surface area contributed by atoms with Gasteiger partial charge in [0.2, 0.25) is 0 Å². The van der Waals surface area contributed by atoms with Gasteiger partial charge in [-0.3, -0.25) is 5.32 Å². The average molecular weight is 283 g/mol.